The lowest BCUT2D eigenvalue weighted by atomic mass is 9.77. The van der Waals surface area contributed by atoms with Gasteiger partial charge < -0.3 is 57.7 Å². The number of allylic oxidation sites excluding steroid dienone is 12. The number of carboxylic acid groups (broad SMARTS) is 1. The number of nitrogens with one attached hydrogen (secondary N) is 2. The van der Waals surface area contributed by atoms with Gasteiger partial charge in [-0.25, -0.2) is 55.3 Å². The molecule has 0 aromatic heterocycles. The van der Waals surface area contributed by atoms with Crippen LogP contribution < -0.4 is 20.4 Å². The minimum absolute atomic E-state index is 0.00580. The Morgan fingerprint density at radius 3 is 1.13 bits per heavy atom. The highest BCUT2D eigenvalue weighted by Crippen LogP contribution is 2.54. The molecule has 1 fully saturated rings. The van der Waals surface area contributed by atoms with Gasteiger partial charge in [-0.2, -0.15) is 9.15 Å². The van der Waals surface area contributed by atoms with Gasteiger partial charge in [0.2, 0.25) is 23.2 Å². The van der Waals surface area contributed by atoms with E-state index in [1.165, 1.54) is 88.8 Å². The van der Waals surface area contributed by atoms with Gasteiger partial charge in [0.1, 0.15) is 33.3 Å². The fourth-order valence-electron chi connectivity index (χ4n) is 18.4. The summed E-state index contributed by atoms with van der Waals surface area (Å²) in [5.74, 6) is -2.80. The van der Waals surface area contributed by atoms with Crippen LogP contribution >= 0.6 is 0 Å². The topological polar surface area (TPSA) is 515 Å². The number of anilines is 2. The first-order chi connectivity index (χ1) is 65.8. The van der Waals surface area contributed by atoms with Gasteiger partial charge in [-0.1, -0.05) is 165 Å². The zero-order chi connectivity index (χ0) is 106. The summed E-state index contributed by atoms with van der Waals surface area (Å²) in [4.78, 5) is 80.0. The molecule has 0 spiro atoms. The van der Waals surface area contributed by atoms with E-state index in [1.54, 1.807) is 6.08 Å². The summed E-state index contributed by atoms with van der Waals surface area (Å²) >= 11 is 0. The Balaban J connectivity index is 0.000000381. The molecule has 5 aliphatic rings. The maximum absolute atomic E-state index is 12.5. The quantitative estimate of drug-likeness (QED) is 0.0121. The van der Waals surface area contributed by atoms with Crippen molar-refractivity contribution < 1.29 is 126 Å². The van der Waals surface area contributed by atoms with Gasteiger partial charge in [-0.15, -0.1) is 5.06 Å². The smallest absolute Gasteiger partial charge is 0.333 e. The summed E-state index contributed by atoms with van der Waals surface area (Å²) in [5, 5.41) is 12.2. The molecule has 4 unspecified atom stereocenters. The molecule has 4 aromatic carbocycles. The molecule has 3 N–H and O–H groups in total. The van der Waals surface area contributed by atoms with Crippen molar-refractivity contribution in [2.24, 2.45) is 11.8 Å². The number of hydrogen-bond acceptors (Lipinski definition) is 27. The number of carbonyl (C=O) groups is 6. The molecule has 0 radical (unpaired) electrons. The fourth-order valence-corrected chi connectivity index (χ4v) is 20.9. The molecule has 4 atom stereocenters. The van der Waals surface area contributed by atoms with Gasteiger partial charge in [0, 0.05) is 158 Å². The molecule has 9 rings (SSSR count). The van der Waals surface area contributed by atoms with Gasteiger partial charge in [0.25, 0.3) is 11.8 Å². The maximum atomic E-state index is 12.5. The molecule has 39 heteroatoms. The van der Waals surface area contributed by atoms with E-state index >= 15 is 0 Å². The third kappa shape index (κ3) is 35.3. The van der Waals surface area contributed by atoms with Crippen LogP contribution in [0.25, 0.3) is 0 Å². The summed E-state index contributed by atoms with van der Waals surface area (Å²) in [6.07, 6.45) is 32.9. The normalized spacial score (nSPS) is 18.4. The summed E-state index contributed by atoms with van der Waals surface area (Å²) in [6, 6.07) is 20.6. The Labute approximate surface area is 836 Å². The van der Waals surface area contributed by atoms with Gasteiger partial charge in [0.05, 0.1) is 71.6 Å². The summed E-state index contributed by atoms with van der Waals surface area (Å²) < 4.78 is 214. The van der Waals surface area contributed by atoms with Crippen LogP contribution in [0.4, 0.5) is 22.7 Å². The van der Waals surface area contributed by atoms with Crippen molar-refractivity contribution in [3.63, 3.8) is 0 Å². The lowest BCUT2D eigenvalue weighted by Crippen LogP contribution is -2.34. The van der Waals surface area contributed by atoms with Crippen LogP contribution in [0.5, 0.6) is 0 Å². The molecular weight excluding hydrogens is 1930 g/mol. The Morgan fingerprint density at radius 1 is 0.447 bits per heavy atom. The lowest BCUT2D eigenvalue weighted by molar-refractivity contribution is -0.438. The number of fused-ring (bicyclic) bond motifs is 4. The first-order valence-corrected chi connectivity index (χ1v) is 57.7. The molecule has 5 aliphatic heterocycles. The molecule has 141 heavy (non-hydrogen) atoms. The standard InChI is InChI=1S/C46H60N4O14S3.C42H57N3O12S3.2C7H16/c1-32-19-21-37-35(29-32)45(3,4)39(48(37)26-13-11-17-41(51)47-31-33(2)66(58,59)60)15-8-6-9-16-40-46(5,25-12-7-10-18-44(54)64-50-42(52)23-24-43(50)53)36-30-34(67(61,62)63)20-22-38(36)49(40)27-14-28-65(55,56)57;1-30-19-21-35-33(27-30)41(3,4)37(44(35)24-13-11-17-39(46)43-29-31(2)59(52,53)54)15-8-6-9-16-38-42(5,23-12-7-10-18-40(47)48)34-28-32(60(55,56)57)20-22-36(34)45(38)25-14-26-58(49,50)51;2*1-4-7(5-2)6-3/h6,8-9,15-16,19-22,29-30,33H,7,10-14,17-18,23-28,31H2,1-5H3,(H3-,47,51,55,56,57,58,59,60,61,62,63);6,8-9,15-16,19-22,27-28,31H,7,10-14,17-18,23-26,29H2,1-5H3,(H4-,43,46,47,48,49,50,51,52,53,54,55,56,57);2*7H,4-6H2,1-3H3/p-4. The fraction of sp³-hybridized carbons (Fsp3) is 0.569. The summed E-state index contributed by atoms with van der Waals surface area (Å²) in [7, 11) is -27.8. The predicted octanol–water partition coefficient (Wildman–Crippen LogP) is 15.7. The van der Waals surface area contributed by atoms with E-state index in [-0.39, 0.29) is 89.4 Å². The van der Waals surface area contributed by atoms with E-state index in [9.17, 15) is 107 Å². The number of hydrogen-bond donors (Lipinski definition) is 3. The number of rotatable bonds is 51. The molecule has 0 saturated carbocycles. The number of hydroxylamine groups is 2. The number of carboxylic acids is 1. The number of imide groups is 1. The second-order valence-electron chi connectivity index (χ2n) is 38.3. The number of nitrogens with zero attached hydrogens (tertiary/aromatic N) is 5. The number of unbranched alkanes of at least 4 members (excludes halogenated alkanes) is 6. The Bertz CT molecular complexity index is 6030. The second-order valence-corrected chi connectivity index (χ2v) is 47.7. The molecular formula is C102H145N7O26S6-4. The highest BCUT2D eigenvalue weighted by atomic mass is 32.2. The van der Waals surface area contributed by atoms with Crippen molar-refractivity contribution in [3.8, 4) is 0 Å². The van der Waals surface area contributed by atoms with E-state index in [2.05, 4.69) is 113 Å². The lowest BCUT2D eigenvalue weighted by Gasteiger charge is -2.31. The van der Waals surface area contributed by atoms with Crippen LogP contribution in [0.15, 0.2) is 155 Å². The predicted molar refractivity (Wildman–Crippen MR) is 539 cm³/mol. The molecule has 33 nitrogen and oxygen atoms in total. The number of aliphatic carboxylic acids is 1. The molecule has 4 aromatic rings. The Morgan fingerprint density at radius 2 is 0.801 bits per heavy atom. The molecule has 0 aliphatic carbocycles. The van der Waals surface area contributed by atoms with Crippen molar-refractivity contribution in [2.75, 3.05) is 60.6 Å². The second kappa shape index (κ2) is 53.5. The van der Waals surface area contributed by atoms with Crippen LogP contribution in [-0.2, 0) is 116 Å². The van der Waals surface area contributed by atoms with E-state index < -0.39 is 138 Å². The van der Waals surface area contributed by atoms with Crippen LogP contribution in [0.3, 0.4) is 0 Å². The van der Waals surface area contributed by atoms with Gasteiger partial charge in [-0.05, 0) is 204 Å². The number of benzene rings is 4. The van der Waals surface area contributed by atoms with Crippen LogP contribution in [-0.4, -0.2) is 205 Å². The van der Waals surface area contributed by atoms with Crippen molar-refractivity contribution in [1.29, 1.82) is 0 Å². The van der Waals surface area contributed by atoms with Crippen LogP contribution in [0, 0.1) is 25.7 Å². The highest BCUT2D eigenvalue weighted by molar-refractivity contribution is 7.87. The van der Waals surface area contributed by atoms with Gasteiger partial charge >= 0.3 is 11.9 Å². The van der Waals surface area contributed by atoms with Crippen LogP contribution in [0.1, 0.15) is 297 Å². The molecule has 4 amide bonds. The van der Waals surface area contributed by atoms with Crippen LogP contribution in [0.2, 0.25) is 0 Å². The third-order valence-corrected chi connectivity index (χ3v) is 32.7. The Kier molecular flexibility index (Phi) is 45.7. The molecule has 784 valence electrons. The van der Waals surface area contributed by atoms with E-state index in [4.69, 9.17) is 9.94 Å². The molecule has 1 saturated heterocycles. The van der Waals surface area contributed by atoms with Crippen molar-refractivity contribution in [3.05, 3.63) is 178 Å². The minimum atomic E-state index is -4.88. The number of aryl methyl sites for hydroxylation is 2. The summed E-state index contributed by atoms with van der Waals surface area (Å²) in [5.41, 5.74) is 9.34. The minimum Gasteiger partial charge on any atom is -0.748 e. The monoisotopic (exact) mass is 2080 g/mol. The average molecular weight is 2080 g/mol. The number of carbonyl (C=O) groups excluding carboxylic acids is 5. The van der Waals surface area contributed by atoms with Gasteiger partial charge in [-0.3, -0.25) is 24.0 Å². The van der Waals surface area contributed by atoms with Crippen molar-refractivity contribution in [1.82, 2.24) is 15.7 Å². The largest absolute Gasteiger partial charge is 0.748 e. The number of amides is 4. The molecule has 5 heterocycles. The maximum Gasteiger partial charge on any atom is 0.333 e. The van der Waals surface area contributed by atoms with E-state index in [0.717, 1.165) is 56.9 Å². The van der Waals surface area contributed by atoms with Gasteiger partial charge in [0.15, 0.2) is 11.4 Å². The zero-order valence-electron chi connectivity index (χ0n) is 84.4. The van der Waals surface area contributed by atoms with E-state index in [1.807, 2.05) is 104 Å². The van der Waals surface area contributed by atoms with E-state index in [0.29, 0.717) is 129 Å². The highest BCUT2D eigenvalue weighted by Gasteiger charge is 2.48. The SMILES string of the molecule is CCC(CC)CC.CCC(CC)CC.Cc1ccc2c(c1)C(C)(C)C(C=CC=CC=C1N(CCCS(=O)(=O)[O-])c3ccc(S(=O)(=O)[O-])cc3C1(C)CCCCCC(=O)O)=[N+]2CCCCC(=O)NCC(C)S(=O)(=O)[O-].Cc1ccc2c(c1)C(C)(C)C(C=CC=CC=C1N(CCCS(=O)(=O)[O-])c3ccc(S(=O)(=O)[O-])cc3C1(C)CCCCCC(=O)ON1C(=O)CCC1=O)=[N+]2CCCCC(=O)NCC(C)S(=O)(=O)[O-]. The van der Waals surface area contributed by atoms with Crippen molar-refractivity contribution >= 4 is 130 Å². The zero-order valence-corrected chi connectivity index (χ0v) is 89.3. The average Bonchev–Trinajstić information content (AvgIpc) is 1.57. The molecule has 0 bridgehead atoms. The van der Waals surface area contributed by atoms with Crippen molar-refractivity contribution in [2.45, 2.75) is 320 Å². The first-order valence-electron chi connectivity index (χ1n) is 48.8. The third-order valence-electron chi connectivity index (χ3n) is 27.1. The first kappa shape index (κ1) is 120. The summed E-state index contributed by atoms with van der Waals surface area (Å²) in [6.45, 7) is 33.2. The Hall–Kier alpha value is -9.26.